The monoisotopic (exact) mass is 444 g/mol. The summed E-state index contributed by atoms with van der Waals surface area (Å²) in [7, 11) is 0. The Kier molecular flexibility index (Phi) is 4.83. The summed E-state index contributed by atoms with van der Waals surface area (Å²) in [6.45, 7) is 1.24. The van der Waals surface area contributed by atoms with Crippen LogP contribution in [0.2, 0.25) is 0 Å². The molecule has 0 saturated heterocycles. The summed E-state index contributed by atoms with van der Waals surface area (Å²) in [6, 6.07) is 9.01. The Labute approximate surface area is 190 Å². The number of anilines is 2. The molecular weight excluding hydrogens is 419 g/mol. The van der Waals surface area contributed by atoms with Crippen LogP contribution in [0.3, 0.4) is 0 Å². The molecule has 4 heterocycles. The molecule has 1 aromatic carbocycles. The summed E-state index contributed by atoms with van der Waals surface area (Å²) in [4.78, 5) is 16.2. The lowest BCUT2D eigenvalue weighted by atomic mass is 9.71. The molecule has 0 unspecified atom stereocenters. The predicted octanol–water partition coefficient (Wildman–Crippen LogP) is 4.37. The van der Waals surface area contributed by atoms with Gasteiger partial charge in [-0.15, -0.1) is 0 Å². The number of hydrogen-bond acceptors (Lipinski definition) is 6. The quantitative estimate of drug-likeness (QED) is 0.503. The molecule has 0 atom stereocenters. The summed E-state index contributed by atoms with van der Waals surface area (Å²) in [5.74, 6) is 0.563. The number of hydrogen-bond donors (Lipinski definition) is 1. The highest BCUT2D eigenvalue weighted by atomic mass is 19.1. The van der Waals surface area contributed by atoms with Gasteiger partial charge in [0.05, 0.1) is 30.6 Å². The molecule has 4 aromatic rings. The van der Waals surface area contributed by atoms with Crippen molar-refractivity contribution in [1.29, 1.82) is 0 Å². The van der Waals surface area contributed by atoms with Crippen LogP contribution < -0.4 is 4.90 Å². The molecule has 1 N–H and O–H groups in total. The van der Waals surface area contributed by atoms with Crippen molar-refractivity contribution in [3.8, 4) is 11.3 Å². The molecule has 1 aliphatic heterocycles. The van der Waals surface area contributed by atoms with E-state index in [1.807, 2.05) is 24.4 Å². The molecule has 1 saturated carbocycles. The van der Waals surface area contributed by atoms with Gasteiger partial charge in [0.2, 0.25) is 0 Å². The third-order valence-electron chi connectivity index (χ3n) is 7.07. The van der Waals surface area contributed by atoms with Crippen molar-refractivity contribution < 1.29 is 9.50 Å². The van der Waals surface area contributed by atoms with E-state index in [4.69, 9.17) is 4.98 Å². The van der Waals surface area contributed by atoms with Gasteiger partial charge in [-0.2, -0.15) is 5.10 Å². The molecule has 0 amide bonds. The van der Waals surface area contributed by atoms with Crippen LogP contribution in [0.4, 0.5) is 15.9 Å². The van der Waals surface area contributed by atoms with E-state index in [9.17, 15) is 9.50 Å². The molecule has 0 bridgehead atoms. The highest BCUT2D eigenvalue weighted by Gasteiger charge is 2.44. The fraction of sp³-hybridized carbons (Fsp3) is 0.360. The largest absolute Gasteiger partial charge is 0.394 e. The van der Waals surface area contributed by atoms with Crippen LogP contribution in [0.1, 0.15) is 37.7 Å². The van der Waals surface area contributed by atoms with Crippen molar-refractivity contribution in [3.63, 3.8) is 0 Å². The Balaban J connectivity index is 1.47. The van der Waals surface area contributed by atoms with Crippen molar-refractivity contribution in [2.45, 2.75) is 44.1 Å². The molecule has 3 aromatic heterocycles. The van der Waals surface area contributed by atoms with Crippen molar-refractivity contribution in [2.24, 2.45) is 0 Å². The van der Waals surface area contributed by atoms with Gasteiger partial charge in [-0.25, -0.2) is 19.3 Å². The van der Waals surface area contributed by atoms with E-state index in [1.165, 1.54) is 12.5 Å². The first kappa shape index (κ1) is 20.2. The van der Waals surface area contributed by atoms with E-state index in [0.29, 0.717) is 12.1 Å². The number of halogens is 1. The van der Waals surface area contributed by atoms with Crippen LogP contribution in [-0.4, -0.2) is 43.0 Å². The second kappa shape index (κ2) is 7.88. The number of benzene rings is 1. The number of aliphatic hydroxyl groups is 1. The number of aliphatic hydroxyl groups excluding tert-OH is 1. The number of rotatable bonds is 4. The minimum Gasteiger partial charge on any atom is -0.394 e. The second-order valence-electron chi connectivity index (χ2n) is 9.07. The number of fused-ring (bicyclic) bond motifs is 3. The summed E-state index contributed by atoms with van der Waals surface area (Å²) in [6.07, 6.45) is 10.9. The maximum atomic E-state index is 14.3. The van der Waals surface area contributed by atoms with Crippen LogP contribution in [-0.2, 0) is 12.0 Å². The number of nitrogens with zero attached hydrogens (tertiary/aromatic N) is 6. The van der Waals surface area contributed by atoms with E-state index >= 15 is 0 Å². The Bertz CT molecular complexity index is 1330. The molecule has 0 radical (unpaired) electrons. The second-order valence-corrected chi connectivity index (χ2v) is 9.07. The third-order valence-corrected chi connectivity index (χ3v) is 7.07. The summed E-state index contributed by atoms with van der Waals surface area (Å²) in [5.41, 5.74) is 5.18. The molecule has 7 nitrogen and oxygen atoms in total. The Morgan fingerprint density at radius 2 is 1.94 bits per heavy atom. The average Bonchev–Trinajstić information content (AvgIpc) is 3.42. The first-order valence-electron chi connectivity index (χ1n) is 11.5. The molecule has 168 valence electrons. The Hall–Kier alpha value is -3.39. The minimum absolute atomic E-state index is 0.0287. The van der Waals surface area contributed by atoms with Crippen LogP contribution in [0.25, 0.3) is 22.3 Å². The standard InChI is InChI=1S/C25H25FN6O/c26-18-4-7-22-19(12-18)25(8-2-1-3-9-25)15-32(22)24-23-21(27-16-28-24)6-5-20(30-23)17-13-29-31(14-17)10-11-33/h4-7,12-14,16,33H,1-3,8-11,15H2. The van der Waals surface area contributed by atoms with Crippen LogP contribution in [0.15, 0.2) is 49.1 Å². The molecule has 6 rings (SSSR count). The molecule has 1 aliphatic carbocycles. The van der Waals surface area contributed by atoms with Gasteiger partial charge in [-0.3, -0.25) is 4.68 Å². The lowest BCUT2D eigenvalue weighted by molar-refractivity contribution is 0.269. The zero-order valence-corrected chi connectivity index (χ0v) is 18.3. The first-order valence-corrected chi connectivity index (χ1v) is 11.5. The predicted molar refractivity (Wildman–Crippen MR) is 124 cm³/mol. The van der Waals surface area contributed by atoms with Gasteiger partial charge in [0.1, 0.15) is 17.7 Å². The van der Waals surface area contributed by atoms with Crippen LogP contribution in [0.5, 0.6) is 0 Å². The molecule has 8 heteroatoms. The first-order chi connectivity index (χ1) is 16.2. The van der Waals surface area contributed by atoms with Crippen molar-refractivity contribution in [2.75, 3.05) is 18.1 Å². The summed E-state index contributed by atoms with van der Waals surface area (Å²) < 4.78 is 16.0. The number of pyridine rings is 1. The van der Waals surface area contributed by atoms with Gasteiger partial charge in [-0.1, -0.05) is 19.3 Å². The summed E-state index contributed by atoms with van der Waals surface area (Å²) in [5, 5.41) is 13.5. The van der Waals surface area contributed by atoms with Crippen LogP contribution >= 0.6 is 0 Å². The smallest absolute Gasteiger partial charge is 0.163 e. The third kappa shape index (κ3) is 3.36. The van der Waals surface area contributed by atoms with E-state index in [0.717, 1.165) is 66.1 Å². The van der Waals surface area contributed by atoms with Crippen molar-refractivity contribution in [1.82, 2.24) is 24.7 Å². The SMILES string of the molecule is OCCn1cc(-c2ccc3ncnc(N4CC5(CCCCC5)c5cc(F)ccc54)c3n2)cn1. The van der Waals surface area contributed by atoms with E-state index in [1.54, 1.807) is 23.3 Å². The fourth-order valence-corrected chi connectivity index (χ4v) is 5.49. The van der Waals surface area contributed by atoms with E-state index < -0.39 is 0 Å². The lowest BCUT2D eigenvalue weighted by Crippen LogP contribution is -2.34. The molecule has 1 fully saturated rings. The van der Waals surface area contributed by atoms with Crippen LogP contribution in [0, 0.1) is 5.82 Å². The van der Waals surface area contributed by atoms with Gasteiger partial charge in [-0.05, 0) is 48.7 Å². The number of aromatic nitrogens is 5. The van der Waals surface area contributed by atoms with Gasteiger partial charge in [0, 0.05) is 29.4 Å². The minimum atomic E-state index is -0.187. The Morgan fingerprint density at radius 1 is 1.06 bits per heavy atom. The maximum Gasteiger partial charge on any atom is 0.163 e. The van der Waals surface area contributed by atoms with Gasteiger partial charge < -0.3 is 10.0 Å². The zero-order valence-electron chi connectivity index (χ0n) is 18.3. The summed E-state index contributed by atoms with van der Waals surface area (Å²) >= 11 is 0. The van der Waals surface area contributed by atoms with Crippen molar-refractivity contribution >= 4 is 22.5 Å². The molecule has 2 aliphatic rings. The fourth-order valence-electron chi connectivity index (χ4n) is 5.49. The average molecular weight is 445 g/mol. The maximum absolute atomic E-state index is 14.3. The van der Waals surface area contributed by atoms with E-state index in [2.05, 4.69) is 20.0 Å². The van der Waals surface area contributed by atoms with Gasteiger partial charge in [0.25, 0.3) is 0 Å². The molecule has 33 heavy (non-hydrogen) atoms. The highest BCUT2D eigenvalue weighted by molar-refractivity contribution is 5.91. The lowest BCUT2D eigenvalue weighted by Gasteiger charge is -2.34. The molecule has 1 spiro atoms. The topological polar surface area (TPSA) is 80.0 Å². The van der Waals surface area contributed by atoms with Gasteiger partial charge >= 0.3 is 0 Å². The normalized spacial score (nSPS) is 17.1. The molecular formula is C25H25FN6O. The zero-order chi connectivity index (χ0) is 22.4. The van der Waals surface area contributed by atoms with E-state index in [-0.39, 0.29) is 17.8 Å². The van der Waals surface area contributed by atoms with Gasteiger partial charge in [0.15, 0.2) is 5.82 Å². The van der Waals surface area contributed by atoms with Crippen molar-refractivity contribution in [3.05, 3.63) is 60.4 Å². The Morgan fingerprint density at radius 3 is 2.79 bits per heavy atom. The highest BCUT2D eigenvalue weighted by Crippen LogP contribution is 2.51.